The molecule has 4 aromatic rings. The summed E-state index contributed by atoms with van der Waals surface area (Å²) < 4.78 is 0. The molecular formula is C24H22ClN3. The van der Waals surface area contributed by atoms with E-state index in [9.17, 15) is 0 Å². The van der Waals surface area contributed by atoms with E-state index in [2.05, 4.69) is 64.1 Å². The van der Waals surface area contributed by atoms with Gasteiger partial charge in [-0.15, -0.1) is 0 Å². The fourth-order valence-electron chi connectivity index (χ4n) is 3.27. The molecule has 2 N–H and O–H groups in total. The molecule has 0 amide bonds. The van der Waals surface area contributed by atoms with Gasteiger partial charge in [-0.2, -0.15) is 0 Å². The molecule has 0 aliphatic carbocycles. The molecule has 0 saturated heterocycles. The Morgan fingerprint density at radius 1 is 0.714 bits per heavy atom. The highest BCUT2D eigenvalue weighted by Gasteiger charge is 2.03. The standard InChI is InChI=1S/C24H22ClN3/c25-21-9-10-22-23(11-12-27-24(22)14-21)28-17-20-8-4-7-19(13-20)16-26-15-18-5-2-1-3-6-18/h1-14,26H,15-17H2,(H,27,28). The average molecular weight is 388 g/mol. The molecule has 1 heterocycles. The highest BCUT2D eigenvalue weighted by atomic mass is 35.5. The maximum atomic E-state index is 6.08. The zero-order valence-corrected chi connectivity index (χ0v) is 16.3. The first-order valence-electron chi connectivity index (χ1n) is 9.38. The van der Waals surface area contributed by atoms with Gasteiger partial charge in [-0.1, -0.05) is 66.2 Å². The smallest absolute Gasteiger partial charge is 0.0737 e. The van der Waals surface area contributed by atoms with Crippen molar-refractivity contribution in [2.75, 3.05) is 5.32 Å². The quantitative estimate of drug-likeness (QED) is 0.421. The molecule has 4 rings (SSSR count). The van der Waals surface area contributed by atoms with E-state index >= 15 is 0 Å². The number of nitrogens with one attached hydrogen (secondary N) is 2. The lowest BCUT2D eigenvalue weighted by atomic mass is 10.1. The summed E-state index contributed by atoms with van der Waals surface area (Å²) in [7, 11) is 0. The Bertz CT molecular complexity index is 1060. The van der Waals surface area contributed by atoms with Gasteiger partial charge < -0.3 is 10.6 Å². The van der Waals surface area contributed by atoms with Crippen molar-refractivity contribution in [3.8, 4) is 0 Å². The Hall–Kier alpha value is -2.88. The third-order valence-electron chi connectivity index (χ3n) is 4.68. The average Bonchev–Trinajstić information content (AvgIpc) is 2.73. The summed E-state index contributed by atoms with van der Waals surface area (Å²) in [6.45, 7) is 2.47. The molecule has 0 bridgehead atoms. The molecule has 28 heavy (non-hydrogen) atoms. The van der Waals surface area contributed by atoms with Crippen LogP contribution in [0, 0.1) is 0 Å². The number of rotatable bonds is 7. The van der Waals surface area contributed by atoms with Gasteiger partial charge in [0.15, 0.2) is 0 Å². The molecule has 4 heteroatoms. The Balaban J connectivity index is 1.39. The number of halogens is 1. The number of nitrogens with zero attached hydrogens (tertiary/aromatic N) is 1. The number of benzene rings is 3. The van der Waals surface area contributed by atoms with Crippen LogP contribution >= 0.6 is 11.6 Å². The first kappa shape index (κ1) is 18.5. The second kappa shape index (κ2) is 8.87. The molecule has 3 nitrogen and oxygen atoms in total. The third kappa shape index (κ3) is 4.69. The number of hydrogen-bond acceptors (Lipinski definition) is 3. The zero-order valence-electron chi connectivity index (χ0n) is 15.5. The lowest BCUT2D eigenvalue weighted by Crippen LogP contribution is -2.12. The summed E-state index contributed by atoms with van der Waals surface area (Å²) in [6, 6.07) is 26.9. The fourth-order valence-corrected chi connectivity index (χ4v) is 3.44. The zero-order chi connectivity index (χ0) is 19.2. The van der Waals surface area contributed by atoms with Gasteiger partial charge in [0, 0.05) is 41.9 Å². The van der Waals surface area contributed by atoms with Crippen molar-refractivity contribution in [1.29, 1.82) is 0 Å². The molecule has 140 valence electrons. The SMILES string of the molecule is Clc1ccc2c(NCc3cccc(CNCc4ccccc4)c3)ccnc2c1. The highest BCUT2D eigenvalue weighted by Crippen LogP contribution is 2.24. The van der Waals surface area contributed by atoms with Gasteiger partial charge in [0.2, 0.25) is 0 Å². The summed E-state index contributed by atoms with van der Waals surface area (Å²) in [6.07, 6.45) is 1.81. The van der Waals surface area contributed by atoms with Gasteiger partial charge in [0.25, 0.3) is 0 Å². The maximum absolute atomic E-state index is 6.08. The summed E-state index contributed by atoms with van der Waals surface area (Å²) in [4.78, 5) is 4.40. The second-order valence-electron chi connectivity index (χ2n) is 6.78. The van der Waals surface area contributed by atoms with Crippen molar-refractivity contribution in [2.45, 2.75) is 19.6 Å². The van der Waals surface area contributed by atoms with Crippen LogP contribution in [0.3, 0.4) is 0 Å². The molecular weight excluding hydrogens is 366 g/mol. The van der Waals surface area contributed by atoms with Crippen LogP contribution in [0.1, 0.15) is 16.7 Å². The summed E-state index contributed by atoms with van der Waals surface area (Å²) in [5, 5.41) is 8.81. The van der Waals surface area contributed by atoms with Gasteiger partial charge in [-0.3, -0.25) is 4.98 Å². The van der Waals surface area contributed by atoms with E-state index in [-0.39, 0.29) is 0 Å². The summed E-state index contributed by atoms with van der Waals surface area (Å²) in [5.41, 5.74) is 5.79. The van der Waals surface area contributed by atoms with Gasteiger partial charge in [-0.25, -0.2) is 0 Å². The number of hydrogen-bond donors (Lipinski definition) is 2. The predicted molar refractivity (Wildman–Crippen MR) is 118 cm³/mol. The first-order chi connectivity index (χ1) is 13.8. The molecule has 0 fully saturated rings. The van der Waals surface area contributed by atoms with Crippen molar-refractivity contribution in [3.05, 3.63) is 107 Å². The topological polar surface area (TPSA) is 37.0 Å². The number of aromatic nitrogens is 1. The molecule has 3 aromatic carbocycles. The lowest BCUT2D eigenvalue weighted by molar-refractivity contribution is 0.693. The second-order valence-corrected chi connectivity index (χ2v) is 7.22. The number of anilines is 1. The van der Waals surface area contributed by atoms with Crippen molar-refractivity contribution in [3.63, 3.8) is 0 Å². The largest absolute Gasteiger partial charge is 0.380 e. The van der Waals surface area contributed by atoms with Crippen LogP contribution in [0.5, 0.6) is 0 Å². The Kier molecular flexibility index (Phi) is 5.86. The molecule has 0 spiro atoms. The van der Waals surface area contributed by atoms with E-state index < -0.39 is 0 Å². The van der Waals surface area contributed by atoms with Crippen LogP contribution in [0.4, 0.5) is 5.69 Å². The number of fused-ring (bicyclic) bond motifs is 1. The minimum Gasteiger partial charge on any atom is -0.380 e. The van der Waals surface area contributed by atoms with E-state index in [4.69, 9.17) is 11.6 Å². The lowest BCUT2D eigenvalue weighted by Gasteiger charge is -2.11. The van der Waals surface area contributed by atoms with Crippen LogP contribution in [0.15, 0.2) is 85.1 Å². The third-order valence-corrected chi connectivity index (χ3v) is 4.92. The predicted octanol–water partition coefficient (Wildman–Crippen LogP) is 5.79. The first-order valence-corrected chi connectivity index (χ1v) is 9.76. The molecule has 0 saturated carbocycles. The molecule has 1 aromatic heterocycles. The molecule has 0 aliphatic heterocycles. The van der Waals surface area contributed by atoms with E-state index in [0.29, 0.717) is 5.02 Å². The number of pyridine rings is 1. The summed E-state index contributed by atoms with van der Waals surface area (Å²) in [5.74, 6) is 0. The van der Waals surface area contributed by atoms with Crippen LogP contribution in [0.2, 0.25) is 5.02 Å². The summed E-state index contributed by atoms with van der Waals surface area (Å²) >= 11 is 6.08. The Morgan fingerprint density at radius 2 is 1.46 bits per heavy atom. The monoisotopic (exact) mass is 387 g/mol. The van der Waals surface area contributed by atoms with Crippen LogP contribution in [-0.2, 0) is 19.6 Å². The van der Waals surface area contributed by atoms with Crippen molar-refractivity contribution in [2.24, 2.45) is 0 Å². The van der Waals surface area contributed by atoms with Crippen molar-refractivity contribution in [1.82, 2.24) is 10.3 Å². The van der Waals surface area contributed by atoms with Crippen molar-refractivity contribution < 1.29 is 0 Å². The van der Waals surface area contributed by atoms with Gasteiger partial charge in [-0.05, 0) is 41.0 Å². The minimum atomic E-state index is 0.702. The minimum absolute atomic E-state index is 0.702. The molecule has 0 atom stereocenters. The fraction of sp³-hybridized carbons (Fsp3) is 0.125. The van der Waals surface area contributed by atoms with E-state index in [0.717, 1.165) is 36.2 Å². The Morgan fingerprint density at radius 3 is 2.32 bits per heavy atom. The maximum Gasteiger partial charge on any atom is 0.0737 e. The van der Waals surface area contributed by atoms with E-state index in [1.807, 2.05) is 36.5 Å². The van der Waals surface area contributed by atoms with Gasteiger partial charge in [0.05, 0.1) is 5.52 Å². The van der Waals surface area contributed by atoms with Crippen LogP contribution < -0.4 is 10.6 Å². The van der Waals surface area contributed by atoms with Crippen LogP contribution in [-0.4, -0.2) is 4.98 Å². The molecule has 0 aliphatic rings. The van der Waals surface area contributed by atoms with E-state index in [1.165, 1.54) is 16.7 Å². The molecule has 0 unspecified atom stereocenters. The molecule has 0 radical (unpaired) electrons. The van der Waals surface area contributed by atoms with E-state index in [1.54, 1.807) is 0 Å². The van der Waals surface area contributed by atoms with Gasteiger partial charge >= 0.3 is 0 Å². The Labute approximate surface area is 170 Å². The normalized spacial score (nSPS) is 10.9. The van der Waals surface area contributed by atoms with Crippen LogP contribution in [0.25, 0.3) is 10.9 Å². The highest BCUT2D eigenvalue weighted by molar-refractivity contribution is 6.31. The van der Waals surface area contributed by atoms with Crippen molar-refractivity contribution >= 4 is 28.2 Å². The van der Waals surface area contributed by atoms with Gasteiger partial charge in [0.1, 0.15) is 0 Å².